The summed E-state index contributed by atoms with van der Waals surface area (Å²) in [5, 5.41) is 6.11. The van der Waals surface area contributed by atoms with Crippen LogP contribution in [0.25, 0.3) is 11.1 Å². The van der Waals surface area contributed by atoms with E-state index in [0.717, 1.165) is 53.3 Å². The average Bonchev–Trinajstić information content (AvgIpc) is 3.32. The highest BCUT2D eigenvalue weighted by Gasteiger charge is 2.24. The molecule has 1 amide bonds. The molecule has 1 N–H and O–H groups in total. The molecule has 0 bridgehead atoms. The highest BCUT2D eigenvalue weighted by atomic mass is 32.2. The molecule has 0 atom stereocenters. The molecule has 0 saturated carbocycles. The summed E-state index contributed by atoms with van der Waals surface area (Å²) in [5.41, 5.74) is 4.63. The van der Waals surface area contributed by atoms with Gasteiger partial charge in [-0.1, -0.05) is 42.0 Å². The van der Waals surface area contributed by atoms with Gasteiger partial charge in [-0.15, -0.1) is 11.3 Å². The predicted octanol–water partition coefficient (Wildman–Crippen LogP) is 6.30. The normalized spacial score (nSPS) is 15.1. The number of rotatable bonds is 8. The third-order valence-electron chi connectivity index (χ3n) is 6.02. The lowest BCUT2D eigenvalue weighted by molar-refractivity contribution is 0.102. The first kappa shape index (κ1) is 23.0. The van der Waals surface area contributed by atoms with Crippen LogP contribution in [0, 0.1) is 6.92 Å². The molecule has 3 aromatic rings. The highest BCUT2D eigenvalue weighted by molar-refractivity contribution is 7.98. The summed E-state index contributed by atoms with van der Waals surface area (Å²) in [6, 6.07) is 16.3. The number of aryl methyl sites for hydroxylation is 1. The second-order valence-corrected chi connectivity index (χ2v) is 10.3. The van der Waals surface area contributed by atoms with Crippen molar-refractivity contribution in [2.24, 2.45) is 0 Å². The fourth-order valence-corrected chi connectivity index (χ4v) is 5.61. The quantitative estimate of drug-likeness (QED) is 0.396. The van der Waals surface area contributed by atoms with Crippen LogP contribution in [0.1, 0.15) is 46.2 Å². The van der Waals surface area contributed by atoms with Crippen LogP contribution >= 0.6 is 23.1 Å². The van der Waals surface area contributed by atoms with Crippen LogP contribution in [-0.2, 0) is 0 Å². The molecular formula is C26H31N3OS2. The molecule has 1 fully saturated rings. The fourth-order valence-electron chi connectivity index (χ4n) is 4.23. The molecule has 0 aliphatic carbocycles. The van der Waals surface area contributed by atoms with Crippen molar-refractivity contribution in [2.45, 2.75) is 32.1 Å². The van der Waals surface area contributed by atoms with E-state index in [4.69, 9.17) is 4.98 Å². The van der Waals surface area contributed by atoms with Gasteiger partial charge in [0, 0.05) is 22.5 Å². The van der Waals surface area contributed by atoms with E-state index in [0.29, 0.717) is 11.6 Å². The Morgan fingerprint density at radius 1 is 1.19 bits per heavy atom. The molecule has 168 valence electrons. The van der Waals surface area contributed by atoms with Crippen LogP contribution in [0.2, 0.25) is 0 Å². The first-order valence-corrected chi connectivity index (χ1v) is 13.6. The molecule has 0 spiro atoms. The van der Waals surface area contributed by atoms with Crippen molar-refractivity contribution in [3.8, 4) is 11.1 Å². The number of thiazole rings is 1. The standard InChI is InChI=1S/C26H31N3OS2/c1-19-9-10-23(22(17-19)20-7-4-3-5-8-20)27-25(30)24-18-32-26(28-24)21-11-14-29(15-12-21)13-6-16-31-2/h3-5,7-10,17-18,21H,6,11-16H2,1-2H3,(H,27,30). The van der Waals surface area contributed by atoms with Crippen molar-refractivity contribution in [3.05, 3.63) is 70.2 Å². The number of aromatic nitrogens is 1. The van der Waals surface area contributed by atoms with Gasteiger partial charge in [-0.2, -0.15) is 11.8 Å². The maximum absolute atomic E-state index is 13.0. The molecule has 1 saturated heterocycles. The fraction of sp³-hybridized carbons (Fsp3) is 0.385. The number of amides is 1. The molecule has 6 heteroatoms. The topological polar surface area (TPSA) is 45.2 Å². The third-order valence-corrected chi connectivity index (χ3v) is 7.73. The second-order valence-electron chi connectivity index (χ2n) is 8.40. The number of benzene rings is 2. The first-order chi connectivity index (χ1) is 15.6. The summed E-state index contributed by atoms with van der Waals surface area (Å²) in [7, 11) is 0. The average molecular weight is 466 g/mol. The number of anilines is 1. The minimum absolute atomic E-state index is 0.136. The summed E-state index contributed by atoms with van der Waals surface area (Å²) >= 11 is 3.55. The van der Waals surface area contributed by atoms with Crippen molar-refractivity contribution >= 4 is 34.7 Å². The maximum Gasteiger partial charge on any atom is 0.275 e. The molecular weight excluding hydrogens is 434 g/mol. The van der Waals surface area contributed by atoms with Crippen LogP contribution in [0.5, 0.6) is 0 Å². The van der Waals surface area contributed by atoms with Crippen LogP contribution in [0.15, 0.2) is 53.9 Å². The van der Waals surface area contributed by atoms with Crippen LogP contribution < -0.4 is 5.32 Å². The zero-order chi connectivity index (χ0) is 22.3. The van der Waals surface area contributed by atoms with Crippen LogP contribution in [0.4, 0.5) is 5.69 Å². The van der Waals surface area contributed by atoms with E-state index in [2.05, 4.69) is 41.6 Å². The number of thioether (sulfide) groups is 1. The van der Waals surface area contributed by atoms with Crippen molar-refractivity contribution in [2.75, 3.05) is 37.0 Å². The Hall–Kier alpha value is -2.15. The number of likely N-dealkylation sites (tertiary alicyclic amines) is 1. The van der Waals surface area contributed by atoms with Crippen molar-refractivity contribution < 1.29 is 4.79 Å². The largest absolute Gasteiger partial charge is 0.320 e. The van der Waals surface area contributed by atoms with Gasteiger partial charge in [-0.05, 0) is 75.5 Å². The smallest absolute Gasteiger partial charge is 0.275 e. The number of carbonyl (C=O) groups excluding carboxylic acids is 1. The van der Waals surface area contributed by atoms with Gasteiger partial charge in [0.2, 0.25) is 0 Å². The number of carbonyl (C=O) groups is 1. The summed E-state index contributed by atoms with van der Waals surface area (Å²) in [5.74, 6) is 1.57. The predicted molar refractivity (Wildman–Crippen MR) is 138 cm³/mol. The zero-order valence-corrected chi connectivity index (χ0v) is 20.5. The molecule has 2 heterocycles. The van der Waals surface area contributed by atoms with Crippen molar-refractivity contribution in [3.63, 3.8) is 0 Å². The van der Waals surface area contributed by atoms with E-state index < -0.39 is 0 Å². The van der Waals surface area contributed by atoms with E-state index in [1.54, 1.807) is 11.3 Å². The van der Waals surface area contributed by atoms with Gasteiger partial charge in [0.05, 0.1) is 5.01 Å². The summed E-state index contributed by atoms with van der Waals surface area (Å²) in [6.07, 6.45) is 5.69. The minimum Gasteiger partial charge on any atom is -0.320 e. The van der Waals surface area contributed by atoms with Gasteiger partial charge in [-0.3, -0.25) is 4.79 Å². The zero-order valence-electron chi connectivity index (χ0n) is 18.8. The first-order valence-electron chi connectivity index (χ1n) is 11.3. The third kappa shape index (κ3) is 5.80. The van der Waals surface area contributed by atoms with Crippen LogP contribution in [-0.4, -0.2) is 47.4 Å². The Labute approximate surface area is 199 Å². The van der Waals surface area contributed by atoms with Crippen molar-refractivity contribution in [1.82, 2.24) is 9.88 Å². The van der Waals surface area contributed by atoms with Gasteiger partial charge in [0.15, 0.2) is 0 Å². The number of hydrogen-bond acceptors (Lipinski definition) is 5. The molecule has 1 aliphatic heterocycles. The van der Waals surface area contributed by atoms with Crippen LogP contribution in [0.3, 0.4) is 0 Å². The SMILES string of the molecule is CSCCCN1CCC(c2nc(C(=O)Nc3ccc(C)cc3-c3ccccc3)cs2)CC1. The summed E-state index contributed by atoms with van der Waals surface area (Å²) in [4.78, 5) is 20.3. The van der Waals surface area contributed by atoms with Gasteiger partial charge in [0.1, 0.15) is 5.69 Å². The Bertz CT molecular complexity index is 1030. The molecule has 1 aliphatic rings. The molecule has 4 rings (SSSR count). The van der Waals surface area contributed by atoms with Gasteiger partial charge in [-0.25, -0.2) is 4.98 Å². The number of piperidine rings is 1. The van der Waals surface area contributed by atoms with E-state index in [9.17, 15) is 4.79 Å². The molecule has 0 unspecified atom stereocenters. The molecule has 1 aromatic heterocycles. The summed E-state index contributed by atoms with van der Waals surface area (Å²) in [6.45, 7) is 5.52. The number of nitrogens with zero attached hydrogens (tertiary/aromatic N) is 2. The van der Waals surface area contributed by atoms with E-state index in [-0.39, 0.29) is 5.91 Å². The second kappa shape index (κ2) is 11.1. The molecule has 0 radical (unpaired) electrons. The lowest BCUT2D eigenvalue weighted by Gasteiger charge is -2.30. The molecule has 2 aromatic carbocycles. The lowest BCUT2D eigenvalue weighted by Crippen LogP contribution is -2.33. The van der Waals surface area contributed by atoms with Gasteiger partial charge < -0.3 is 10.2 Å². The van der Waals surface area contributed by atoms with E-state index >= 15 is 0 Å². The van der Waals surface area contributed by atoms with Gasteiger partial charge in [0.25, 0.3) is 5.91 Å². The number of nitrogens with one attached hydrogen (secondary N) is 1. The monoisotopic (exact) mass is 465 g/mol. The van der Waals surface area contributed by atoms with E-state index in [1.165, 1.54) is 18.7 Å². The Kier molecular flexibility index (Phi) is 8.00. The van der Waals surface area contributed by atoms with Crippen molar-refractivity contribution in [1.29, 1.82) is 0 Å². The Balaban J connectivity index is 1.40. The maximum atomic E-state index is 13.0. The molecule has 4 nitrogen and oxygen atoms in total. The highest BCUT2D eigenvalue weighted by Crippen LogP contribution is 2.32. The Morgan fingerprint density at radius 2 is 1.97 bits per heavy atom. The Morgan fingerprint density at radius 3 is 2.72 bits per heavy atom. The van der Waals surface area contributed by atoms with E-state index in [1.807, 2.05) is 47.5 Å². The summed E-state index contributed by atoms with van der Waals surface area (Å²) < 4.78 is 0. The minimum atomic E-state index is -0.136. The number of hydrogen-bond donors (Lipinski definition) is 1. The molecule has 32 heavy (non-hydrogen) atoms. The lowest BCUT2D eigenvalue weighted by atomic mass is 9.97. The van der Waals surface area contributed by atoms with Gasteiger partial charge >= 0.3 is 0 Å².